The lowest BCUT2D eigenvalue weighted by atomic mass is 10.1. The van der Waals surface area contributed by atoms with Crippen molar-refractivity contribution < 1.29 is 9.37 Å². The van der Waals surface area contributed by atoms with Crippen LogP contribution in [0.25, 0.3) is 11.3 Å². The number of aromatic nitrogens is 2. The molecule has 1 aromatic carbocycles. The van der Waals surface area contributed by atoms with Crippen LogP contribution in [0.5, 0.6) is 5.75 Å². The van der Waals surface area contributed by atoms with Crippen LogP contribution in [0.3, 0.4) is 0 Å². The number of nitrogens with two attached hydrogens (primary N) is 1. The number of hydrogen-bond acceptors (Lipinski definition) is 5. The van der Waals surface area contributed by atoms with E-state index >= 15 is 0 Å². The molecule has 0 aliphatic rings. The van der Waals surface area contributed by atoms with E-state index in [1.54, 1.807) is 0 Å². The Labute approximate surface area is 93.2 Å². The van der Waals surface area contributed by atoms with Gasteiger partial charge in [-0.05, 0) is 36.3 Å². The van der Waals surface area contributed by atoms with Crippen LogP contribution >= 0.6 is 0 Å². The first-order valence-corrected chi connectivity index (χ1v) is 5.04. The smallest absolute Gasteiger partial charge is 0.196 e. The molecule has 0 spiro atoms. The molecule has 0 radical (unpaired) electrons. The Balaban J connectivity index is 2.53. The van der Waals surface area contributed by atoms with Crippen LogP contribution in [0.2, 0.25) is 0 Å². The summed E-state index contributed by atoms with van der Waals surface area (Å²) in [6.07, 6.45) is 0. The van der Waals surface area contributed by atoms with Crippen molar-refractivity contribution in [3.8, 4) is 17.0 Å². The molecular weight excluding hydrogens is 206 g/mol. The van der Waals surface area contributed by atoms with E-state index in [0.29, 0.717) is 12.3 Å². The minimum absolute atomic E-state index is 0.270. The Bertz CT molecular complexity index is 494. The molecule has 0 aliphatic carbocycles. The van der Waals surface area contributed by atoms with E-state index in [4.69, 9.17) is 10.5 Å². The SMILES string of the molecule is CCOc1ccc(C)cc1-c1nonc1N. The van der Waals surface area contributed by atoms with Gasteiger partial charge in [0.2, 0.25) is 0 Å². The first-order valence-electron chi connectivity index (χ1n) is 5.04. The Morgan fingerprint density at radius 1 is 1.38 bits per heavy atom. The van der Waals surface area contributed by atoms with Crippen LogP contribution in [0.1, 0.15) is 12.5 Å². The number of ether oxygens (including phenoxy) is 1. The molecule has 0 amide bonds. The zero-order chi connectivity index (χ0) is 11.5. The van der Waals surface area contributed by atoms with Crippen molar-refractivity contribution >= 4 is 5.82 Å². The number of nitrogens with zero attached hydrogens (tertiary/aromatic N) is 2. The molecule has 16 heavy (non-hydrogen) atoms. The van der Waals surface area contributed by atoms with E-state index in [1.807, 2.05) is 32.0 Å². The van der Waals surface area contributed by atoms with Crippen LogP contribution in [-0.2, 0) is 0 Å². The first kappa shape index (κ1) is 10.5. The van der Waals surface area contributed by atoms with Gasteiger partial charge in [-0.15, -0.1) is 0 Å². The molecule has 0 saturated heterocycles. The largest absolute Gasteiger partial charge is 0.493 e. The highest BCUT2D eigenvalue weighted by Crippen LogP contribution is 2.32. The third kappa shape index (κ3) is 1.84. The Kier molecular flexibility index (Phi) is 2.76. The van der Waals surface area contributed by atoms with Gasteiger partial charge in [0, 0.05) is 5.56 Å². The molecule has 0 bridgehead atoms. The summed E-state index contributed by atoms with van der Waals surface area (Å²) in [7, 11) is 0. The summed E-state index contributed by atoms with van der Waals surface area (Å²) in [5.74, 6) is 1.00. The van der Waals surface area contributed by atoms with Gasteiger partial charge in [-0.2, -0.15) is 0 Å². The predicted molar refractivity (Wildman–Crippen MR) is 60.1 cm³/mol. The standard InChI is InChI=1S/C11H13N3O2/c1-3-15-9-5-4-7(2)6-8(9)10-11(12)14-16-13-10/h4-6H,3H2,1-2H3,(H2,12,14). The maximum atomic E-state index is 5.66. The van der Waals surface area contributed by atoms with Gasteiger partial charge in [0.1, 0.15) is 5.75 Å². The van der Waals surface area contributed by atoms with Crippen LogP contribution in [0.4, 0.5) is 5.82 Å². The second-order valence-corrected chi connectivity index (χ2v) is 3.43. The first-order chi connectivity index (χ1) is 7.72. The van der Waals surface area contributed by atoms with Gasteiger partial charge in [-0.3, -0.25) is 0 Å². The summed E-state index contributed by atoms with van der Waals surface area (Å²) < 4.78 is 10.1. The monoisotopic (exact) mass is 219 g/mol. The number of nitrogen functional groups attached to an aromatic ring is 1. The van der Waals surface area contributed by atoms with Gasteiger partial charge in [0.05, 0.1) is 6.61 Å². The normalized spacial score (nSPS) is 10.4. The summed E-state index contributed by atoms with van der Waals surface area (Å²) >= 11 is 0. The number of anilines is 1. The lowest BCUT2D eigenvalue weighted by Gasteiger charge is -2.08. The molecule has 84 valence electrons. The fraction of sp³-hybridized carbons (Fsp3) is 0.273. The average molecular weight is 219 g/mol. The fourth-order valence-corrected chi connectivity index (χ4v) is 1.49. The van der Waals surface area contributed by atoms with E-state index < -0.39 is 0 Å². The fourth-order valence-electron chi connectivity index (χ4n) is 1.49. The Morgan fingerprint density at radius 3 is 2.81 bits per heavy atom. The average Bonchev–Trinajstić information content (AvgIpc) is 2.67. The second-order valence-electron chi connectivity index (χ2n) is 3.43. The molecule has 0 aliphatic heterocycles. The number of rotatable bonds is 3. The van der Waals surface area contributed by atoms with Crippen molar-refractivity contribution in [2.75, 3.05) is 12.3 Å². The topological polar surface area (TPSA) is 74.2 Å². The second kappa shape index (κ2) is 4.22. The zero-order valence-corrected chi connectivity index (χ0v) is 9.23. The van der Waals surface area contributed by atoms with Crippen LogP contribution in [0, 0.1) is 6.92 Å². The van der Waals surface area contributed by atoms with Crippen molar-refractivity contribution in [2.45, 2.75) is 13.8 Å². The minimum atomic E-state index is 0.270. The van der Waals surface area contributed by atoms with Crippen molar-refractivity contribution in [1.29, 1.82) is 0 Å². The highest BCUT2D eigenvalue weighted by Gasteiger charge is 2.14. The number of benzene rings is 1. The maximum absolute atomic E-state index is 5.66. The van der Waals surface area contributed by atoms with E-state index in [9.17, 15) is 0 Å². The van der Waals surface area contributed by atoms with Gasteiger partial charge in [-0.25, -0.2) is 4.63 Å². The maximum Gasteiger partial charge on any atom is 0.196 e. The molecule has 0 saturated carbocycles. The van der Waals surface area contributed by atoms with Gasteiger partial charge in [-0.1, -0.05) is 11.6 Å². The van der Waals surface area contributed by atoms with Gasteiger partial charge in [0.25, 0.3) is 0 Å². The molecule has 2 aromatic rings. The van der Waals surface area contributed by atoms with E-state index in [0.717, 1.165) is 16.9 Å². The zero-order valence-electron chi connectivity index (χ0n) is 9.23. The molecule has 2 rings (SSSR count). The highest BCUT2D eigenvalue weighted by molar-refractivity contribution is 5.74. The van der Waals surface area contributed by atoms with Gasteiger partial charge < -0.3 is 10.5 Å². The molecule has 0 atom stereocenters. The Morgan fingerprint density at radius 2 is 2.19 bits per heavy atom. The van der Waals surface area contributed by atoms with Crippen molar-refractivity contribution in [3.63, 3.8) is 0 Å². The molecule has 2 N–H and O–H groups in total. The van der Waals surface area contributed by atoms with Crippen molar-refractivity contribution in [2.24, 2.45) is 0 Å². The summed E-state index contributed by atoms with van der Waals surface area (Å²) in [4.78, 5) is 0. The highest BCUT2D eigenvalue weighted by atomic mass is 16.6. The summed E-state index contributed by atoms with van der Waals surface area (Å²) in [5.41, 5.74) is 8.09. The molecule has 5 nitrogen and oxygen atoms in total. The van der Waals surface area contributed by atoms with Gasteiger partial charge in [0.15, 0.2) is 11.5 Å². The third-order valence-corrected chi connectivity index (χ3v) is 2.20. The Hall–Kier alpha value is -2.04. The van der Waals surface area contributed by atoms with E-state index in [-0.39, 0.29) is 5.82 Å². The number of aryl methyl sites for hydroxylation is 1. The summed E-state index contributed by atoms with van der Waals surface area (Å²) in [6.45, 7) is 4.50. The van der Waals surface area contributed by atoms with E-state index in [1.165, 1.54) is 0 Å². The van der Waals surface area contributed by atoms with Gasteiger partial charge >= 0.3 is 0 Å². The van der Waals surface area contributed by atoms with Crippen molar-refractivity contribution in [3.05, 3.63) is 23.8 Å². The molecule has 0 fully saturated rings. The quantitative estimate of drug-likeness (QED) is 0.854. The molecular formula is C11H13N3O2. The van der Waals surface area contributed by atoms with Crippen LogP contribution in [0.15, 0.2) is 22.8 Å². The van der Waals surface area contributed by atoms with Crippen LogP contribution in [-0.4, -0.2) is 16.9 Å². The lowest BCUT2D eigenvalue weighted by molar-refractivity contribution is 0.309. The third-order valence-electron chi connectivity index (χ3n) is 2.20. The molecule has 0 unspecified atom stereocenters. The van der Waals surface area contributed by atoms with Crippen LogP contribution < -0.4 is 10.5 Å². The van der Waals surface area contributed by atoms with E-state index in [2.05, 4.69) is 14.9 Å². The number of hydrogen-bond donors (Lipinski definition) is 1. The summed E-state index contributed by atoms with van der Waals surface area (Å²) in [6, 6.07) is 5.81. The molecule has 5 heteroatoms. The minimum Gasteiger partial charge on any atom is -0.493 e. The summed E-state index contributed by atoms with van der Waals surface area (Å²) in [5, 5.41) is 7.34. The van der Waals surface area contributed by atoms with Crippen molar-refractivity contribution in [1.82, 2.24) is 10.3 Å². The lowest BCUT2D eigenvalue weighted by Crippen LogP contribution is -1.96. The molecule has 1 heterocycles. The molecule has 1 aromatic heterocycles. The predicted octanol–water partition coefficient (Wildman–Crippen LogP) is 2.03.